The molecule has 33 heavy (non-hydrogen) atoms. The summed E-state index contributed by atoms with van der Waals surface area (Å²) < 4.78 is 0. The molecule has 4 rings (SSSR count). The number of anilines is 1. The number of amides is 1. The molecule has 1 amide bonds. The first-order valence-electron chi connectivity index (χ1n) is 12.8. The van der Waals surface area contributed by atoms with E-state index in [0.717, 1.165) is 44.6 Å². The molecule has 2 aromatic rings. The standard InChI is InChI=1S/C29H39N3O/c1-4-32(5-2)29(33)24-15-13-22(14-16-24)28(23-17-19-30-20-18-23)25-9-8-12-27(21-25)31(3)26-10-6-7-11-26/h8-9,12-16,21,26,30H,4-7,10-11,17-20H2,1-3H3. The first-order valence-corrected chi connectivity index (χ1v) is 12.8. The molecule has 2 fully saturated rings. The van der Waals surface area contributed by atoms with E-state index in [1.807, 2.05) is 30.9 Å². The predicted molar refractivity (Wildman–Crippen MR) is 139 cm³/mol. The summed E-state index contributed by atoms with van der Waals surface area (Å²) in [7, 11) is 2.25. The van der Waals surface area contributed by atoms with Gasteiger partial charge in [0, 0.05) is 37.4 Å². The van der Waals surface area contributed by atoms with Crippen LogP contribution in [0, 0.1) is 0 Å². The summed E-state index contributed by atoms with van der Waals surface area (Å²) in [5.74, 6) is 0.114. The SMILES string of the molecule is CCN(CC)C(=O)c1ccc(C(=C2CCNCC2)c2cccc(N(C)C3CCCC3)c2)cc1. The summed E-state index contributed by atoms with van der Waals surface area (Å²) in [6.45, 7) is 7.59. The molecule has 0 unspecified atom stereocenters. The van der Waals surface area contributed by atoms with Crippen LogP contribution in [0.25, 0.3) is 5.57 Å². The summed E-state index contributed by atoms with van der Waals surface area (Å²) in [6, 6.07) is 18.0. The largest absolute Gasteiger partial charge is 0.372 e. The molecular weight excluding hydrogens is 406 g/mol. The summed E-state index contributed by atoms with van der Waals surface area (Å²) in [4.78, 5) is 17.2. The van der Waals surface area contributed by atoms with Crippen molar-refractivity contribution in [1.82, 2.24) is 10.2 Å². The van der Waals surface area contributed by atoms with E-state index in [4.69, 9.17) is 0 Å². The molecule has 4 heteroatoms. The molecule has 0 bridgehead atoms. The van der Waals surface area contributed by atoms with Gasteiger partial charge in [0.15, 0.2) is 0 Å². The van der Waals surface area contributed by atoms with Crippen LogP contribution in [0.4, 0.5) is 5.69 Å². The molecule has 0 spiro atoms. The van der Waals surface area contributed by atoms with E-state index in [1.54, 1.807) is 0 Å². The summed E-state index contributed by atoms with van der Waals surface area (Å²) >= 11 is 0. The first kappa shape index (κ1) is 23.6. The van der Waals surface area contributed by atoms with Gasteiger partial charge in [-0.3, -0.25) is 4.79 Å². The Labute approximate surface area is 199 Å². The van der Waals surface area contributed by atoms with Gasteiger partial charge in [-0.2, -0.15) is 0 Å². The average molecular weight is 446 g/mol. The van der Waals surface area contributed by atoms with E-state index in [2.05, 4.69) is 53.7 Å². The minimum atomic E-state index is 0.114. The zero-order valence-electron chi connectivity index (χ0n) is 20.6. The van der Waals surface area contributed by atoms with E-state index >= 15 is 0 Å². The number of rotatable bonds is 7. The molecule has 2 aromatic carbocycles. The van der Waals surface area contributed by atoms with Crippen molar-refractivity contribution in [2.24, 2.45) is 0 Å². The number of hydrogen-bond acceptors (Lipinski definition) is 3. The molecule has 0 aromatic heterocycles. The predicted octanol–water partition coefficient (Wildman–Crippen LogP) is 5.73. The van der Waals surface area contributed by atoms with Crippen molar-refractivity contribution in [3.05, 3.63) is 70.8 Å². The summed E-state index contributed by atoms with van der Waals surface area (Å²) in [6.07, 6.45) is 7.41. The second-order valence-electron chi connectivity index (χ2n) is 9.38. The molecule has 1 saturated heterocycles. The van der Waals surface area contributed by atoms with Gasteiger partial charge in [0.05, 0.1) is 0 Å². The average Bonchev–Trinajstić information content (AvgIpc) is 3.41. The smallest absolute Gasteiger partial charge is 0.253 e. The second-order valence-corrected chi connectivity index (χ2v) is 9.38. The Morgan fingerprint density at radius 2 is 1.55 bits per heavy atom. The Hall–Kier alpha value is -2.59. The summed E-state index contributed by atoms with van der Waals surface area (Å²) in [5.41, 5.74) is 7.43. The normalized spacial score (nSPS) is 16.6. The lowest BCUT2D eigenvalue weighted by Crippen LogP contribution is -2.30. The fraction of sp³-hybridized carbons (Fsp3) is 0.483. The van der Waals surface area contributed by atoms with Crippen molar-refractivity contribution in [3.63, 3.8) is 0 Å². The minimum absolute atomic E-state index is 0.114. The van der Waals surface area contributed by atoms with Crippen molar-refractivity contribution in [1.29, 1.82) is 0 Å². The Kier molecular flexibility index (Phi) is 7.87. The van der Waals surface area contributed by atoms with E-state index in [-0.39, 0.29) is 5.91 Å². The van der Waals surface area contributed by atoms with Crippen LogP contribution in [0.15, 0.2) is 54.1 Å². The van der Waals surface area contributed by atoms with Crippen LogP contribution in [0.2, 0.25) is 0 Å². The van der Waals surface area contributed by atoms with Gasteiger partial charge in [0.1, 0.15) is 0 Å². The van der Waals surface area contributed by atoms with Gasteiger partial charge in [0.25, 0.3) is 5.91 Å². The molecule has 1 N–H and O–H groups in total. The molecule has 1 aliphatic carbocycles. The lowest BCUT2D eigenvalue weighted by molar-refractivity contribution is 0.0773. The van der Waals surface area contributed by atoms with Crippen LogP contribution in [0.5, 0.6) is 0 Å². The molecule has 1 heterocycles. The fourth-order valence-electron chi connectivity index (χ4n) is 5.41. The minimum Gasteiger partial charge on any atom is -0.372 e. The van der Waals surface area contributed by atoms with Gasteiger partial charge in [0.2, 0.25) is 0 Å². The Morgan fingerprint density at radius 1 is 0.909 bits per heavy atom. The maximum atomic E-state index is 12.8. The number of nitrogens with one attached hydrogen (secondary N) is 1. The monoisotopic (exact) mass is 445 g/mol. The van der Waals surface area contributed by atoms with Crippen molar-refractivity contribution < 1.29 is 4.79 Å². The number of hydrogen-bond donors (Lipinski definition) is 1. The Bertz CT molecular complexity index is 961. The van der Waals surface area contributed by atoms with Crippen molar-refractivity contribution in [2.75, 3.05) is 38.1 Å². The van der Waals surface area contributed by atoms with Crippen molar-refractivity contribution in [2.45, 2.75) is 58.4 Å². The molecule has 0 radical (unpaired) electrons. The van der Waals surface area contributed by atoms with E-state index in [0.29, 0.717) is 6.04 Å². The van der Waals surface area contributed by atoms with Crippen molar-refractivity contribution >= 4 is 17.2 Å². The fourth-order valence-corrected chi connectivity index (χ4v) is 5.41. The topological polar surface area (TPSA) is 35.6 Å². The molecule has 1 aliphatic heterocycles. The van der Waals surface area contributed by atoms with Gasteiger partial charge in [-0.05, 0) is 93.6 Å². The highest BCUT2D eigenvalue weighted by molar-refractivity contribution is 5.95. The second kappa shape index (κ2) is 11.0. The van der Waals surface area contributed by atoms with Crippen LogP contribution in [0.3, 0.4) is 0 Å². The third kappa shape index (κ3) is 5.33. The Balaban J connectivity index is 1.69. The van der Waals surface area contributed by atoms with Gasteiger partial charge in [-0.15, -0.1) is 0 Å². The molecule has 1 saturated carbocycles. The molecule has 2 aliphatic rings. The van der Waals surface area contributed by atoms with E-state index in [1.165, 1.54) is 53.6 Å². The van der Waals surface area contributed by atoms with E-state index < -0.39 is 0 Å². The summed E-state index contributed by atoms with van der Waals surface area (Å²) in [5, 5.41) is 3.50. The third-order valence-corrected chi connectivity index (χ3v) is 7.45. The maximum absolute atomic E-state index is 12.8. The maximum Gasteiger partial charge on any atom is 0.253 e. The van der Waals surface area contributed by atoms with Crippen molar-refractivity contribution in [3.8, 4) is 0 Å². The lowest BCUT2D eigenvalue weighted by Gasteiger charge is -2.28. The van der Waals surface area contributed by atoms with Gasteiger partial charge in [-0.1, -0.05) is 42.7 Å². The molecular formula is C29H39N3O. The highest BCUT2D eigenvalue weighted by atomic mass is 16.2. The number of piperidine rings is 1. The van der Waals surface area contributed by atoms with E-state index in [9.17, 15) is 4.79 Å². The van der Waals surface area contributed by atoms with Crippen LogP contribution in [-0.4, -0.2) is 50.1 Å². The Morgan fingerprint density at radius 3 is 2.18 bits per heavy atom. The third-order valence-electron chi connectivity index (χ3n) is 7.45. The van der Waals surface area contributed by atoms with Crippen LogP contribution >= 0.6 is 0 Å². The van der Waals surface area contributed by atoms with Crippen LogP contribution < -0.4 is 10.2 Å². The number of carbonyl (C=O) groups is 1. The number of nitrogens with zero attached hydrogens (tertiary/aromatic N) is 2. The van der Waals surface area contributed by atoms with Crippen LogP contribution in [-0.2, 0) is 0 Å². The highest BCUT2D eigenvalue weighted by Crippen LogP contribution is 2.34. The zero-order valence-corrected chi connectivity index (χ0v) is 20.6. The molecule has 0 atom stereocenters. The number of benzene rings is 2. The molecule has 4 nitrogen and oxygen atoms in total. The quantitative estimate of drug-likeness (QED) is 0.591. The van der Waals surface area contributed by atoms with Crippen LogP contribution in [0.1, 0.15) is 73.9 Å². The molecule has 176 valence electrons. The first-order chi connectivity index (χ1) is 16.1. The highest BCUT2D eigenvalue weighted by Gasteiger charge is 2.21. The van der Waals surface area contributed by atoms with Gasteiger partial charge >= 0.3 is 0 Å². The lowest BCUT2D eigenvalue weighted by atomic mass is 9.88. The van der Waals surface area contributed by atoms with Gasteiger partial charge < -0.3 is 15.1 Å². The number of carbonyl (C=O) groups excluding carboxylic acids is 1. The zero-order chi connectivity index (χ0) is 23.2. The van der Waals surface area contributed by atoms with Gasteiger partial charge in [-0.25, -0.2) is 0 Å².